The third-order valence-corrected chi connectivity index (χ3v) is 3.52. The fourth-order valence-electron chi connectivity index (χ4n) is 2.37. The van der Waals surface area contributed by atoms with E-state index in [9.17, 15) is 4.79 Å². The Bertz CT molecular complexity index is 874. The Morgan fingerprint density at radius 2 is 1.74 bits per heavy atom. The number of carbonyl (C=O) groups excluding carboxylic acids is 1. The quantitative estimate of drug-likeness (QED) is 0.519. The summed E-state index contributed by atoms with van der Waals surface area (Å²) in [5, 5.41) is 0.832. The molecule has 0 bridgehead atoms. The minimum atomic E-state index is -0.214. The van der Waals surface area contributed by atoms with Gasteiger partial charge in [0, 0.05) is 10.9 Å². The highest BCUT2D eigenvalue weighted by Gasteiger charge is 2.12. The molecule has 23 heavy (non-hydrogen) atoms. The van der Waals surface area contributed by atoms with Gasteiger partial charge in [-0.05, 0) is 30.4 Å². The second kappa shape index (κ2) is 6.40. The van der Waals surface area contributed by atoms with Crippen molar-refractivity contribution in [2.24, 2.45) is 0 Å². The molecule has 0 saturated heterocycles. The number of furan rings is 1. The molecule has 0 fully saturated rings. The molecule has 4 nitrogen and oxygen atoms in total. The summed E-state index contributed by atoms with van der Waals surface area (Å²) in [4.78, 5) is 12.3. The first kappa shape index (κ1) is 14.9. The van der Waals surface area contributed by atoms with E-state index in [4.69, 9.17) is 13.9 Å². The summed E-state index contributed by atoms with van der Waals surface area (Å²) < 4.78 is 16.1. The Balaban J connectivity index is 1.90. The molecule has 0 spiro atoms. The van der Waals surface area contributed by atoms with Crippen molar-refractivity contribution in [2.45, 2.75) is 0 Å². The number of benzene rings is 2. The molecule has 1 aromatic heterocycles. The van der Waals surface area contributed by atoms with Crippen molar-refractivity contribution in [3.8, 4) is 11.5 Å². The monoisotopic (exact) mass is 308 g/mol. The molecule has 116 valence electrons. The first-order chi connectivity index (χ1) is 11.2. The van der Waals surface area contributed by atoms with Gasteiger partial charge in [0.2, 0.25) is 5.78 Å². The van der Waals surface area contributed by atoms with Crippen LogP contribution in [-0.4, -0.2) is 20.0 Å². The van der Waals surface area contributed by atoms with Crippen LogP contribution in [0.3, 0.4) is 0 Å². The van der Waals surface area contributed by atoms with Crippen LogP contribution in [0.1, 0.15) is 16.1 Å². The maximum Gasteiger partial charge on any atom is 0.221 e. The molecule has 0 atom stereocenters. The molecule has 0 aliphatic heterocycles. The van der Waals surface area contributed by atoms with Crippen molar-refractivity contribution in [3.63, 3.8) is 0 Å². The van der Waals surface area contributed by atoms with Gasteiger partial charge in [0.05, 0.1) is 14.2 Å². The summed E-state index contributed by atoms with van der Waals surface area (Å²) in [6.45, 7) is 0. The van der Waals surface area contributed by atoms with Gasteiger partial charge in [-0.2, -0.15) is 0 Å². The first-order valence-electron chi connectivity index (χ1n) is 7.15. The van der Waals surface area contributed by atoms with Crippen LogP contribution in [0, 0.1) is 0 Å². The minimum Gasteiger partial charge on any atom is -0.496 e. The molecular weight excluding hydrogens is 292 g/mol. The lowest BCUT2D eigenvalue weighted by Crippen LogP contribution is -1.91. The van der Waals surface area contributed by atoms with Crippen LogP contribution in [0.4, 0.5) is 0 Å². The van der Waals surface area contributed by atoms with Crippen LogP contribution >= 0.6 is 0 Å². The van der Waals surface area contributed by atoms with Gasteiger partial charge in [-0.25, -0.2) is 0 Å². The largest absolute Gasteiger partial charge is 0.496 e. The number of hydrogen-bond donors (Lipinski definition) is 0. The lowest BCUT2D eigenvalue weighted by Gasteiger charge is -2.02. The number of hydrogen-bond acceptors (Lipinski definition) is 4. The van der Waals surface area contributed by atoms with Gasteiger partial charge in [-0.15, -0.1) is 0 Å². The summed E-state index contributed by atoms with van der Waals surface area (Å²) in [6, 6.07) is 14.7. The topological polar surface area (TPSA) is 48.7 Å². The zero-order valence-electron chi connectivity index (χ0n) is 12.9. The van der Waals surface area contributed by atoms with Crippen molar-refractivity contribution in [1.82, 2.24) is 0 Å². The van der Waals surface area contributed by atoms with Crippen LogP contribution in [0.5, 0.6) is 11.5 Å². The molecule has 0 aliphatic carbocycles. The maximum absolute atomic E-state index is 12.3. The molecule has 3 rings (SSSR count). The fraction of sp³-hybridized carbons (Fsp3) is 0.105. The maximum atomic E-state index is 12.3. The van der Waals surface area contributed by atoms with E-state index in [-0.39, 0.29) is 11.5 Å². The van der Waals surface area contributed by atoms with Gasteiger partial charge < -0.3 is 13.9 Å². The number of ketones is 1. The average molecular weight is 308 g/mol. The summed E-state index contributed by atoms with van der Waals surface area (Å²) in [5.41, 5.74) is 1.40. The molecule has 0 N–H and O–H groups in total. The number of allylic oxidation sites excluding steroid dienone is 1. The summed E-state index contributed by atoms with van der Waals surface area (Å²) in [5.74, 6) is 1.38. The molecule has 0 radical (unpaired) electrons. The predicted octanol–water partition coefficient (Wildman–Crippen LogP) is 4.35. The highest BCUT2D eigenvalue weighted by atomic mass is 16.5. The molecule has 1 heterocycles. The van der Waals surface area contributed by atoms with Crippen molar-refractivity contribution < 1.29 is 18.7 Å². The molecule has 0 amide bonds. The zero-order chi connectivity index (χ0) is 16.2. The molecule has 3 aromatic rings. The predicted molar refractivity (Wildman–Crippen MR) is 89.1 cm³/mol. The molecule has 0 aliphatic rings. The zero-order valence-corrected chi connectivity index (χ0v) is 12.9. The van der Waals surface area contributed by atoms with E-state index >= 15 is 0 Å². The summed E-state index contributed by atoms with van der Waals surface area (Å²) >= 11 is 0. The third kappa shape index (κ3) is 2.97. The number of para-hydroxylation sites is 2. The van der Waals surface area contributed by atoms with Gasteiger partial charge in [-0.3, -0.25) is 4.79 Å². The Labute approximate surface area is 133 Å². The molecule has 4 heteroatoms. The van der Waals surface area contributed by atoms with E-state index in [1.807, 2.05) is 36.4 Å². The molecule has 0 unspecified atom stereocenters. The molecule has 0 saturated carbocycles. The smallest absolute Gasteiger partial charge is 0.221 e. The standard InChI is InChI=1S/C19H16O4/c1-21-16-8-4-3-6-13(16)10-11-15(20)18-12-14-7-5-9-17(22-2)19(14)23-18/h3-12H,1-2H3/b11-10+. The first-order valence-corrected chi connectivity index (χ1v) is 7.15. The van der Waals surface area contributed by atoms with E-state index in [0.717, 1.165) is 10.9 Å². The van der Waals surface area contributed by atoms with E-state index in [2.05, 4.69) is 0 Å². The van der Waals surface area contributed by atoms with Crippen molar-refractivity contribution in [2.75, 3.05) is 14.2 Å². The Hall–Kier alpha value is -3.01. The van der Waals surface area contributed by atoms with Crippen LogP contribution in [-0.2, 0) is 0 Å². The van der Waals surface area contributed by atoms with Crippen LogP contribution < -0.4 is 9.47 Å². The van der Waals surface area contributed by atoms with E-state index in [1.165, 1.54) is 6.08 Å². The number of rotatable bonds is 5. The Kier molecular flexibility index (Phi) is 4.15. The number of methoxy groups -OCH3 is 2. The van der Waals surface area contributed by atoms with Gasteiger partial charge in [-0.1, -0.05) is 30.3 Å². The van der Waals surface area contributed by atoms with Gasteiger partial charge in [0.25, 0.3) is 0 Å². The highest BCUT2D eigenvalue weighted by molar-refractivity contribution is 6.07. The summed E-state index contributed by atoms with van der Waals surface area (Å²) in [7, 11) is 3.17. The van der Waals surface area contributed by atoms with Gasteiger partial charge in [0.15, 0.2) is 17.1 Å². The van der Waals surface area contributed by atoms with Crippen LogP contribution in [0.2, 0.25) is 0 Å². The second-order valence-electron chi connectivity index (χ2n) is 4.93. The number of fused-ring (bicyclic) bond motifs is 1. The lowest BCUT2D eigenvalue weighted by molar-refractivity contribution is 0.102. The molecule has 2 aromatic carbocycles. The SMILES string of the molecule is COc1ccccc1/C=C/C(=O)c1cc2cccc(OC)c2o1. The van der Waals surface area contributed by atoms with E-state index < -0.39 is 0 Å². The fourth-order valence-corrected chi connectivity index (χ4v) is 2.37. The van der Waals surface area contributed by atoms with Gasteiger partial charge >= 0.3 is 0 Å². The van der Waals surface area contributed by atoms with Crippen molar-refractivity contribution >= 4 is 22.8 Å². The normalized spacial score (nSPS) is 11.0. The van der Waals surface area contributed by atoms with Crippen LogP contribution in [0.25, 0.3) is 17.0 Å². The Morgan fingerprint density at radius 3 is 2.52 bits per heavy atom. The lowest BCUT2D eigenvalue weighted by atomic mass is 10.1. The summed E-state index contributed by atoms with van der Waals surface area (Å²) in [6.07, 6.45) is 3.19. The van der Waals surface area contributed by atoms with Crippen molar-refractivity contribution in [3.05, 3.63) is 65.9 Å². The van der Waals surface area contributed by atoms with Crippen LogP contribution in [0.15, 0.2) is 59.0 Å². The Morgan fingerprint density at radius 1 is 1.00 bits per heavy atom. The number of carbonyl (C=O) groups is 1. The van der Waals surface area contributed by atoms with Crippen molar-refractivity contribution in [1.29, 1.82) is 0 Å². The third-order valence-electron chi connectivity index (χ3n) is 3.52. The highest BCUT2D eigenvalue weighted by Crippen LogP contribution is 2.29. The van der Waals surface area contributed by atoms with E-state index in [0.29, 0.717) is 17.1 Å². The van der Waals surface area contributed by atoms with Gasteiger partial charge in [0.1, 0.15) is 5.75 Å². The van der Waals surface area contributed by atoms with E-state index in [1.54, 1.807) is 32.4 Å². The molecular formula is C19H16O4. The second-order valence-corrected chi connectivity index (χ2v) is 4.93. The minimum absolute atomic E-state index is 0.214. The number of ether oxygens (including phenoxy) is 2. The average Bonchev–Trinajstić information content (AvgIpc) is 3.04.